The molecule has 1 unspecified atom stereocenters. The van der Waals surface area contributed by atoms with E-state index in [9.17, 15) is 4.79 Å². The Bertz CT molecular complexity index is 693. The second-order valence-electron chi connectivity index (χ2n) is 5.36. The van der Waals surface area contributed by atoms with Gasteiger partial charge in [0.05, 0.1) is 22.4 Å². The number of hydrogen-bond donors (Lipinski definition) is 1. The number of thiazole rings is 1. The second kappa shape index (κ2) is 7.79. The molecule has 1 atom stereocenters. The zero-order valence-electron chi connectivity index (χ0n) is 12.9. The average Bonchev–Trinajstić information content (AvgIpc) is 3.26. The molecule has 5 nitrogen and oxygen atoms in total. The normalized spacial score (nSPS) is 16.8. The Morgan fingerprint density at radius 2 is 2.39 bits per heavy atom. The van der Waals surface area contributed by atoms with Crippen LogP contribution in [0.25, 0.3) is 0 Å². The summed E-state index contributed by atoms with van der Waals surface area (Å²) in [5.41, 5.74) is 0. The van der Waals surface area contributed by atoms with Crippen molar-refractivity contribution in [1.29, 1.82) is 0 Å². The molecule has 1 amide bonds. The fourth-order valence-corrected chi connectivity index (χ4v) is 4.11. The molecular formula is C16H19N3O2S2. The molecule has 0 aliphatic heterocycles. The minimum absolute atomic E-state index is 0.0349. The van der Waals surface area contributed by atoms with Crippen LogP contribution in [0.15, 0.2) is 33.2 Å². The van der Waals surface area contributed by atoms with Crippen molar-refractivity contribution in [3.63, 3.8) is 0 Å². The van der Waals surface area contributed by atoms with E-state index < -0.39 is 0 Å². The summed E-state index contributed by atoms with van der Waals surface area (Å²) < 4.78 is 6.62. The number of thioether (sulfide) groups is 1. The van der Waals surface area contributed by atoms with Crippen molar-refractivity contribution in [2.75, 3.05) is 5.32 Å². The molecule has 23 heavy (non-hydrogen) atoms. The van der Waals surface area contributed by atoms with Gasteiger partial charge in [-0.1, -0.05) is 30.4 Å². The molecule has 2 aromatic heterocycles. The summed E-state index contributed by atoms with van der Waals surface area (Å²) in [7, 11) is 0. The minimum Gasteiger partial charge on any atom is -0.445 e. The number of anilines is 1. The lowest BCUT2D eigenvalue weighted by molar-refractivity contribution is -0.116. The predicted octanol–water partition coefficient (Wildman–Crippen LogP) is 4.28. The molecule has 1 aliphatic rings. The molecule has 0 spiro atoms. The van der Waals surface area contributed by atoms with Gasteiger partial charge >= 0.3 is 0 Å². The number of aromatic nitrogens is 2. The van der Waals surface area contributed by atoms with E-state index in [1.165, 1.54) is 11.3 Å². The quantitative estimate of drug-likeness (QED) is 0.597. The van der Waals surface area contributed by atoms with Gasteiger partial charge in [-0.15, -0.1) is 11.8 Å². The van der Waals surface area contributed by atoms with Gasteiger partial charge in [0.1, 0.15) is 5.76 Å². The molecule has 0 radical (unpaired) electrons. The van der Waals surface area contributed by atoms with Gasteiger partial charge in [-0.25, -0.2) is 9.97 Å². The summed E-state index contributed by atoms with van der Waals surface area (Å²) in [5, 5.41) is 3.54. The SMILES string of the molecule is CCc1cnc(CSc2cnc(NC(=O)CC3C=CCC3)s2)o1. The van der Waals surface area contributed by atoms with E-state index in [2.05, 4.69) is 27.4 Å². The third kappa shape index (κ3) is 4.68. The van der Waals surface area contributed by atoms with Crippen LogP contribution in [0.2, 0.25) is 0 Å². The Hall–Kier alpha value is -1.60. The highest BCUT2D eigenvalue weighted by atomic mass is 32.2. The largest absolute Gasteiger partial charge is 0.445 e. The first-order valence-electron chi connectivity index (χ1n) is 7.71. The van der Waals surface area contributed by atoms with Crippen LogP contribution in [0, 0.1) is 5.92 Å². The topological polar surface area (TPSA) is 68.0 Å². The number of nitrogens with zero attached hydrogens (tertiary/aromatic N) is 2. The van der Waals surface area contributed by atoms with Crippen molar-refractivity contribution in [1.82, 2.24) is 9.97 Å². The molecule has 122 valence electrons. The van der Waals surface area contributed by atoms with Gasteiger partial charge in [-0.2, -0.15) is 0 Å². The molecule has 1 N–H and O–H groups in total. The highest BCUT2D eigenvalue weighted by Crippen LogP contribution is 2.31. The summed E-state index contributed by atoms with van der Waals surface area (Å²) in [6, 6.07) is 0. The van der Waals surface area contributed by atoms with Gasteiger partial charge in [-0.3, -0.25) is 4.79 Å². The fraction of sp³-hybridized carbons (Fsp3) is 0.438. The van der Waals surface area contributed by atoms with E-state index in [1.807, 2.05) is 6.92 Å². The van der Waals surface area contributed by atoms with E-state index in [4.69, 9.17) is 4.42 Å². The van der Waals surface area contributed by atoms with Crippen molar-refractivity contribution in [2.45, 2.75) is 42.6 Å². The zero-order chi connectivity index (χ0) is 16.1. The zero-order valence-corrected chi connectivity index (χ0v) is 14.6. The molecule has 0 aromatic carbocycles. The first kappa shape index (κ1) is 16.3. The molecule has 2 heterocycles. The first-order valence-corrected chi connectivity index (χ1v) is 9.52. The van der Waals surface area contributed by atoms with Crippen LogP contribution in [0.5, 0.6) is 0 Å². The predicted molar refractivity (Wildman–Crippen MR) is 92.7 cm³/mol. The van der Waals surface area contributed by atoms with Gasteiger partial charge in [0, 0.05) is 12.8 Å². The average molecular weight is 349 g/mol. The molecule has 2 aromatic rings. The van der Waals surface area contributed by atoms with Crippen molar-refractivity contribution < 1.29 is 9.21 Å². The number of carbonyl (C=O) groups excluding carboxylic acids is 1. The Labute approximate surface area is 143 Å². The maximum Gasteiger partial charge on any atom is 0.226 e. The maximum absolute atomic E-state index is 12.0. The van der Waals surface area contributed by atoms with Crippen LogP contribution in [-0.4, -0.2) is 15.9 Å². The summed E-state index contributed by atoms with van der Waals surface area (Å²) in [6.07, 6.45) is 11.4. The van der Waals surface area contributed by atoms with Crippen LogP contribution >= 0.6 is 23.1 Å². The van der Waals surface area contributed by atoms with Crippen LogP contribution in [0.1, 0.15) is 37.8 Å². The smallest absolute Gasteiger partial charge is 0.226 e. The van der Waals surface area contributed by atoms with Gasteiger partial charge in [0.2, 0.25) is 11.8 Å². The summed E-state index contributed by atoms with van der Waals surface area (Å²) >= 11 is 3.10. The lowest BCUT2D eigenvalue weighted by Crippen LogP contribution is -2.14. The van der Waals surface area contributed by atoms with Gasteiger partial charge < -0.3 is 9.73 Å². The van der Waals surface area contributed by atoms with Gasteiger partial charge in [-0.05, 0) is 18.8 Å². The standard InChI is InChI=1S/C16H19N3O2S2/c1-2-12-8-17-14(21-12)10-22-15-9-18-16(23-15)19-13(20)7-11-5-3-4-6-11/h3,5,8-9,11H,2,4,6-7,10H2,1H3,(H,18,19,20). The molecule has 0 saturated heterocycles. The van der Waals surface area contributed by atoms with Gasteiger partial charge in [0.15, 0.2) is 5.13 Å². The molecule has 1 aliphatic carbocycles. The monoisotopic (exact) mass is 349 g/mol. The summed E-state index contributed by atoms with van der Waals surface area (Å²) in [5.74, 6) is 2.70. The molecule has 0 saturated carbocycles. The molecule has 0 fully saturated rings. The van der Waals surface area contributed by atoms with E-state index in [1.54, 1.807) is 24.2 Å². The van der Waals surface area contributed by atoms with Crippen LogP contribution < -0.4 is 5.32 Å². The summed E-state index contributed by atoms with van der Waals surface area (Å²) in [4.78, 5) is 20.5. The molecule has 3 rings (SSSR count). The highest BCUT2D eigenvalue weighted by Gasteiger charge is 2.15. The highest BCUT2D eigenvalue weighted by molar-refractivity contribution is 8.00. The van der Waals surface area contributed by atoms with Crippen molar-refractivity contribution in [3.05, 3.63) is 36.2 Å². The van der Waals surface area contributed by atoms with Crippen LogP contribution in [0.4, 0.5) is 5.13 Å². The Kier molecular flexibility index (Phi) is 5.51. The fourth-order valence-electron chi connectivity index (χ4n) is 2.37. The second-order valence-corrected chi connectivity index (χ2v) is 7.67. The number of rotatable bonds is 7. The van der Waals surface area contributed by atoms with Crippen molar-refractivity contribution in [3.8, 4) is 0 Å². The number of amides is 1. The Balaban J connectivity index is 1.47. The number of oxazole rings is 1. The number of nitrogens with one attached hydrogen (secondary N) is 1. The summed E-state index contributed by atoms with van der Waals surface area (Å²) in [6.45, 7) is 2.04. The van der Waals surface area contributed by atoms with Crippen molar-refractivity contribution in [2.24, 2.45) is 5.92 Å². The lowest BCUT2D eigenvalue weighted by atomic mass is 10.1. The first-order chi connectivity index (χ1) is 11.2. The van der Waals surface area contributed by atoms with Crippen LogP contribution in [-0.2, 0) is 17.0 Å². The molecule has 7 heteroatoms. The number of allylic oxidation sites excluding steroid dienone is 2. The third-order valence-electron chi connectivity index (χ3n) is 3.58. The number of hydrogen-bond acceptors (Lipinski definition) is 6. The Morgan fingerprint density at radius 3 is 3.13 bits per heavy atom. The van der Waals surface area contributed by atoms with E-state index in [-0.39, 0.29) is 5.91 Å². The van der Waals surface area contributed by atoms with E-state index >= 15 is 0 Å². The number of aryl methyl sites for hydroxylation is 1. The molecular weight excluding hydrogens is 330 g/mol. The minimum atomic E-state index is 0.0349. The van der Waals surface area contributed by atoms with Crippen LogP contribution in [0.3, 0.4) is 0 Å². The Morgan fingerprint density at radius 1 is 1.48 bits per heavy atom. The maximum atomic E-state index is 12.0. The third-order valence-corrected chi connectivity index (χ3v) is 5.67. The van der Waals surface area contributed by atoms with E-state index in [0.717, 1.165) is 35.1 Å². The number of carbonyl (C=O) groups is 1. The van der Waals surface area contributed by atoms with Crippen molar-refractivity contribution >= 4 is 34.1 Å². The lowest BCUT2D eigenvalue weighted by Gasteiger charge is -2.06. The molecule has 0 bridgehead atoms. The van der Waals surface area contributed by atoms with Gasteiger partial charge in [0.25, 0.3) is 0 Å². The van der Waals surface area contributed by atoms with E-state index in [0.29, 0.717) is 23.2 Å².